The Morgan fingerprint density at radius 2 is 2.15 bits per heavy atom. The van der Waals surface area contributed by atoms with E-state index in [2.05, 4.69) is 15.9 Å². The van der Waals surface area contributed by atoms with Gasteiger partial charge in [0.05, 0.1) is 19.8 Å². The van der Waals surface area contributed by atoms with E-state index >= 15 is 0 Å². The SMILES string of the molecule is C#C[C@H](N)c1oc(-c2ccc(OC)c3nc(C(F)(F)F)ccc23)nc1C(=O)N1CCC[C@H]1CO. The number of nitrogens with zero attached hydrogens (tertiary/aromatic N) is 3. The van der Waals surface area contributed by atoms with Gasteiger partial charge in [-0.1, -0.05) is 5.92 Å². The molecule has 3 N–H and O–H groups in total. The van der Waals surface area contributed by atoms with E-state index in [1.165, 1.54) is 30.2 Å². The number of carbonyl (C=O) groups is 1. The van der Waals surface area contributed by atoms with Crippen LogP contribution < -0.4 is 10.5 Å². The van der Waals surface area contributed by atoms with E-state index in [1.807, 2.05) is 0 Å². The predicted octanol–water partition coefficient (Wildman–Crippen LogP) is 3.15. The van der Waals surface area contributed by atoms with E-state index in [1.54, 1.807) is 0 Å². The number of aliphatic hydroxyl groups is 1. The fourth-order valence-corrected chi connectivity index (χ4v) is 4.02. The summed E-state index contributed by atoms with van der Waals surface area (Å²) in [5.41, 5.74) is 5.00. The average Bonchev–Trinajstić information content (AvgIpc) is 3.49. The van der Waals surface area contributed by atoms with E-state index < -0.39 is 23.8 Å². The van der Waals surface area contributed by atoms with Crippen molar-refractivity contribution in [1.29, 1.82) is 0 Å². The van der Waals surface area contributed by atoms with Crippen LogP contribution in [0.25, 0.3) is 22.4 Å². The van der Waals surface area contributed by atoms with Crippen LogP contribution in [0.4, 0.5) is 13.2 Å². The van der Waals surface area contributed by atoms with Gasteiger partial charge in [-0.2, -0.15) is 13.2 Å². The monoisotopic (exact) mass is 474 g/mol. The lowest BCUT2D eigenvalue weighted by molar-refractivity contribution is -0.140. The highest BCUT2D eigenvalue weighted by atomic mass is 19.4. The van der Waals surface area contributed by atoms with Crippen LogP contribution in [0.5, 0.6) is 5.75 Å². The summed E-state index contributed by atoms with van der Waals surface area (Å²) in [6.45, 7) is 0.218. The molecule has 1 aromatic carbocycles. The topological polar surface area (TPSA) is 115 Å². The lowest BCUT2D eigenvalue weighted by atomic mass is 10.1. The second-order valence-corrected chi connectivity index (χ2v) is 7.76. The third-order valence-electron chi connectivity index (χ3n) is 5.73. The molecule has 8 nitrogen and oxygen atoms in total. The van der Waals surface area contributed by atoms with Gasteiger partial charge in [0.1, 0.15) is 23.0 Å². The molecular formula is C23H21F3N4O4. The molecule has 34 heavy (non-hydrogen) atoms. The Labute approximate surface area is 192 Å². The van der Waals surface area contributed by atoms with Crippen LogP contribution >= 0.6 is 0 Å². The number of amides is 1. The molecule has 0 spiro atoms. The highest BCUT2D eigenvalue weighted by molar-refractivity contribution is 5.98. The summed E-state index contributed by atoms with van der Waals surface area (Å²) in [5.74, 6) is 1.82. The molecule has 0 bridgehead atoms. The number of methoxy groups -OCH3 is 1. The maximum Gasteiger partial charge on any atom is 0.433 e. The van der Waals surface area contributed by atoms with Crippen molar-refractivity contribution in [3.63, 3.8) is 0 Å². The lowest BCUT2D eigenvalue weighted by Gasteiger charge is -2.22. The number of benzene rings is 1. The van der Waals surface area contributed by atoms with Crippen molar-refractivity contribution in [2.75, 3.05) is 20.3 Å². The van der Waals surface area contributed by atoms with Gasteiger partial charge in [0.25, 0.3) is 5.91 Å². The molecule has 1 aliphatic heterocycles. The Balaban J connectivity index is 1.87. The van der Waals surface area contributed by atoms with E-state index in [0.29, 0.717) is 19.4 Å². The van der Waals surface area contributed by atoms with Crippen LogP contribution in [0.15, 0.2) is 28.7 Å². The van der Waals surface area contributed by atoms with Gasteiger partial charge in [0.2, 0.25) is 5.89 Å². The number of likely N-dealkylation sites (tertiary alicyclic amines) is 1. The number of hydrogen-bond donors (Lipinski definition) is 2. The zero-order valence-electron chi connectivity index (χ0n) is 18.1. The summed E-state index contributed by atoms with van der Waals surface area (Å²) in [6, 6.07) is 3.58. The van der Waals surface area contributed by atoms with Crippen molar-refractivity contribution in [1.82, 2.24) is 14.9 Å². The minimum atomic E-state index is -4.65. The summed E-state index contributed by atoms with van der Waals surface area (Å²) in [5, 5.41) is 9.86. The van der Waals surface area contributed by atoms with Gasteiger partial charge in [-0.25, -0.2) is 9.97 Å². The summed E-state index contributed by atoms with van der Waals surface area (Å²) in [6.07, 6.45) is 2.16. The molecule has 2 aromatic heterocycles. The van der Waals surface area contributed by atoms with Crippen LogP contribution in [-0.4, -0.2) is 52.2 Å². The Morgan fingerprint density at radius 1 is 1.38 bits per heavy atom. The molecule has 3 heterocycles. The van der Waals surface area contributed by atoms with E-state index in [0.717, 1.165) is 6.07 Å². The van der Waals surface area contributed by atoms with Gasteiger partial charge in [0.15, 0.2) is 11.5 Å². The summed E-state index contributed by atoms with van der Waals surface area (Å²) < 4.78 is 50.7. The summed E-state index contributed by atoms with van der Waals surface area (Å²) >= 11 is 0. The highest BCUT2D eigenvalue weighted by Gasteiger charge is 2.35. The lowest BCUT2D eigenvalue weighted by Crippen LogP contribution is -2.38. The number of aromatic nitrogens is 2. The average molecular weight is 474 g/mol. The Kier molecular flexibility index (Phi) is 6.20. The maximum atomic E-state index is 13.2. The van der Waals surface area contributed by atoms with Crippen molar-refractivity contribution < 1.29 is 32.2 Å². The number of halogens is 3. The van der Waals surface area contributed by atoms with Gasteiger partial charge >= 0.3 is 6.18 Å². The van der Waals surface area contributed by atoms with E-state index in [4.69, 9.17) is 21.3 Å². The first kappa shape index (κ1) is 23.5. The number of carbonyl (C=O) groups excluding carboxylic acids is 1. The Morgan fingerprint density at radius 3 is 2.79 bits per heavy atom. The molecule has 2 atom stereocenters. The number of oxazole rings is 1. The van der Waals surface area contributed by atoms with Gasteiger partial charge in [0, 0.05) is 17.5 Å². The zero-order valence-corrected chi connectivity index (χ0v) is 18.1. The summed E-state index contributed by atoms with van der Waals surface area (Å²) in [7, 11) is 1.32. The van der Waals surface area contributed by atoms with Crippen molar-refractivity contribution in [2.45, 2.75) is 31.1 Å². The highest BCUT2D eigenvalue weighted by Crippen LogP contribution is 2.37. The van der Waals surface area contributed by atoms with Crippen LogP contribution in [0, 0.1) is 12.3 Å². The standard InChI is InChI=1S/C23H21F3N4O4/c1-3-15(27)20-19(22(32)30-10-4-5-12(30)11-31)29-21(34-20)14-6-8-16(33-2)18-13(14)7-9-17(28-18)23(24,25)26/h1,6-9,12,15,31H,4-5,10-11,27H2,2H3/t12-,15-/m0/s1. The first-order valence-corrected chi connectivity index (χ1v) is 10.4. The van der Waals surface area contributed by atoms with Crippen molar-refractivity contribution >= 4 is 16.8 Å². The number of aliphatic hydroxyl groups excluding tert-OH is 1. The molecule has 1 fully saturated rings. The number of fused-ring (bicyclic) bond motifs is 1. The molecule has 0 unspecified atom stereocenters. The van der Waals surface area contributed by atoms with Crippen LogP contribution in [0.2, 0.25) is 0 Å². The number of ether oxygens (including phenoxy) is 1. The fourth-order valence-electron chi connectivity index (χ4n) is 4.02. The Hall–Kier alpha value is -3.62. The molecule has 0 saturated carbocycles. The quantitative estimate of drug-likeness (QED) is 0.546. The van der Waals surface area contributed by atoms with Gasteiger partial charge in [-0.15, -0.1) is 6.42 Å². The smallest absolute Gasteiger partial charge is 0.433 e. The van der Waals surface area contributed by atoms with Crippen molar-refractivity contribution in [2.24, 2.45) is 5.73 Å². The predicted molar refractivity (Wildman–Crippen MR) is 116 cm³/mol. The molecule has 0 aliphatic carbocycles. The Bertz CT molecular complexity index is 1280. The summed E-state index contributed by atoms with van der Waals surface area (Å²) in [4.78, 5) is 22.8. The number of rotatable bonds is 5. The van der Waals surface area contributed by atoms with Crippen LogP contribution in [-0.2, 0) is 6.18 Å². The first-order valence-electron chi connectivity index (χ1n) is 10.4. The molecule has 3 aromatic rings. The van der Waals surface area contributed by atoms with Crippen molar-refractivity contribution in [3.8, 4) is 29.5 Å². The third-order valence-corrected chi connectivity index (χ3v) is 5.73. The van der Waals surface area contributed by atoms with Crippen molar-refractivity contribution in [3.05, 3.63) is 41.4 Å². The number of pyridine rings is 1. The number of alkyl halides is 3. The molecular weight excluding hydrogens is 453 g/mol. The second-order valence-electron chi connectivity index (χ2n) is 7.76. The molecule has 1 amide bonds. The number of nitrogens with two attached hydrogens (primary N) is 1. The molecule has 11 heteroatoms. The third kappa shape index (κ3) is 4.06. The van der Waals surface area contributed by atoms with E-state index in [9.17, 15) is 23.1 Å². The number of terminal acetylenes is 1. The van der Waals surface area contributed by atoms with Gasteiger partial charge in [-0.05, 0) is 37.1 Å². The molecule has 4 rings (SSSR count). The largest absolute Gasteiger partial charge is 0.494 e. The first-order chi connectivity index (χ1) is 16.2. The van der Waals surface area contributed by atoms with Gasteiger partial charge < -0.3 is 24.9 Å². The maximum absolute atomic E-state index is 13.2. The minimum Gasteiger partial charge on any atom is -0.494 e. The van der Waals surface area contributed by atoms with E-state index in [-0.39, 0.29) is 52.2 Å². The second kappa shape index (κ2) is 8.96. The molecule has 1 saturated heterocycles. The van der Waals surface area contributed by atoms with Crippen LogP contribution in [0.3, 0.4) is 0 Å². The molecule has 178 valence electrons. The molecule has 1 aliphatic rings. The zero-order chi connectivity index (χ0) is 24.6. The molecule has 0 radical (unpaired) electrons. The number of hydrogen-bond acceptors (Lipinski definition) is 7. The fraction of sp³-hybridized carbons (Fsp3) is 0.348. The van der Waals surface area contributed by atoms with Crippen LogP contribution in [0.1, 0.15) is 40.8 Å². The minimum absolute atomic E-state index is 0.0464. The van der Waals surface area contributed by atoms with Gasteiger partial charge in [-0.3, -0.25) is 4.79 Å². The normalized spacial score (nSPS) is 17.1.